The van der Waals surface area contributed by atoms with Crippen molar-refractivity contribution in [1.82, 2.24) is 15.1 Å². The van der Waals surface area contributed by atoms with Crippen molar-refractivity contribution in [2.75, 3.05) is 32.7 Å². The molecule has 2 rings (SSSR count). The minimum Gasteiger partial charge on any atom is -0.336 e. The molecule has 0 aromatic heterocycles. The van der Waals surface area contributed by atoms with Crippen LogP contribution in [0.4, 0.5) is 0 Å². The molecule has 0 radical (unpaired) electrons. The summed E-state index contributed by atoms with van der Waals surface area (Å²) in [5.41, 5.74) is 0. The molecule has 2 aliphatic heterocycles. The first-order valence-corrected chi connectivity index (χ1v) is 5.60. The number of carbonyl (C=O) groups excluding carboxylic acids is 1. The second-order valence-corrected chi connectivity index (χ2v) is 4.39. The van der Waals surface area contributed by atoms with Gasteiger partial charge >= 0.3 is 0 Å². The summed E-state index contributed by atoms with van der Waals surface area (Å²) >= 11 is 0. The van der Waals surface area contributed by atoms with Crippen molar-refractivity contribution < 1.29 is 4.79 Å². The van der Waals surface area contributed by atoms with Gasteiger partial charge in [-0.25, -0.2) is 0 Å². The maximum absolute atomic E-state index is 11.3. The zero-order valence-corrected chi connectivity index (χ0v) is 9.28. The molecule has 0 bridgehead atoms. The molecule has 4 nitrogen and oxygen atoms in total. The molecule has 0 aromatic carbocycles. The number of likely N-dealkylation sites (tertiary alicyclic amines) is 1. The summed E-state index contributed by atoms with van der Waals surface area (Å²) in [5, 5.41) is 3.37. The van der Waals surface area contributed by atoms with Gasteiger partial charge in [0, 0.05) is 44.8 Å². The molecule has 4 heteroatoms. The third-order valence-electron chi connectivity index (χ3n) is 3.37. The van der Waals surface area contributed by atoms with Crippen molar-refractivity contribution in [3.8, 4) is 0 Å². The number of amides is 1. The molecular weight excluding hydrogens is 190 g/mol. The first kappa shape index (κ1) is 10.6. The van der Waals surface area contributed by atoms with Gasteiger partial charge < -0.3 is 10.2 Å². The summed E-state index contributed by atoms with van der Waals surface area (Å²) in [5.74, 6) is 0.0639. The Labute approximate surface area is 90.9 Å². The molecule has 1 N–H and O–H groups in total. The number of nitrogens with zero attached hydrogens (tertiary/aromatic N) is 2. The summed E-state index contributed by atoms with van der Waals surface area (Å²) in [7, 11) is 0. The smallest absolute Gasteiger partial charge is 0.246 e. The fourth-order valence-electron chi connectivity index (χ4n) is 2.37. The molecule has 1 amide bonds. The molecule has 0 spiro atoms. The van der Waals surface area contributed by atoms with E-state index in [4.69, 9.17) is 0 Å². The predicted octanol–water partition coefficient (Wildman–Crippen LogP) is -0.323. The van der Waals surface area contributed by atoms with Gasteiger partial charge in [-0.05, 0) is 13.0 Å². The number of carbonyl (C=O) groups is 1. The highest BCUT2D eigenvalue weighted by Gasteiger charge is 2.36. The molecule has 2 heterocycles. The van der Waals surface area contributed by atoms with Crippen LogP contribution in [0.3, 0.4) is 0 Å². The molecule has 1 unspecified atom stereocenters. The third-order valence-corrected chi connectivity index (χ3v) is 3.37. The molecule has 2 aliphatic rings. The molecule has 2 fully saturated rings. The minimum atomic E-state index is 0.0639. The summed E-state index contributed by atoms with van der Waals surface area (Å²) in [6, 6.07) is 1.15. The van der Waals surface area contributed by atoms with Gasteiger partial charge in [0.15, 0.2) is 0 Å². The van der Waals surface area contributed by atoms with Crippen molar-refractivity contribution in [1.29, 1.82) is 0 Å². The Morgan fingerprint density at radius 2 is 2.27 bits per heavy atom. The monoisotopic (exact) mass is 209 g/mol. The Bertz CT molecular complexity index is 261. The molecular formula is C11H19N3O. The Hall–Kier alpha value is -0.870. The van der Waals surface area contributed by atoms with Crippen LogP contribution in [0.25, 0.3) is 0 Å². The zero-order valence-electron chi connectivity index (χ0n) is 9.28. The molecule has 0 aromatic rings. The number of rotatable bonds is 2. The van der Waals surface area contributed by atoms with Crippen molar-refractivity contribution in [2.24, 2.45) is 0 Å². The van der Waals surface area contributed by atoms with Crippen LogP contribution < -0.4 is 5.32 Å². The van der Waals surface area contributed by atoms with Crippen molar-refractivity contribution in [3.05, 3.63) is 12.7 Å². The van der Waals surface area contributed by atoms with Crippen LogP contribution in [0.1, 0.15) is 6.92 Å². The lowest BCUT2D eigenvalue weighted by Crippen LogP contribution is -2.66. The van der Waals surface area contributed by atoms with Gasteiger partial charge in [0.05, 0.1) is 0 Å². The van der Waals surface area contributed by atoms with E-state index in [1.165, 1.54) is 6.08 Å². The van der Waals surface area contributed by atoms with Crippen molar-refractivity contribution in [2.45, 2.75) is 19.0 Å². The van der Waals surface area contributed by atoms with Gasteiger partial charge in [0.2, 0.25) is 5.91 Å². The Morgan fingerprint density at radius 3 is 2.87 bits per heavy atom. The van der Waals surface area contributed by atoms with Crippen LogP contribution in [0.2, 0.25) is 0 Å². The maximum Gasteiger partial charge on any atom is 0.246 e. The van der Waals surface area contributed by atoms with Gasteiger partial charge in [-0.15, -0.1) is 0 Å². The average molecular weight is 209 g/mol. The van der Waals surface area contributed by atoms with E-state index in [1.807, 2.05) is 4.90 Å². The normalized spacial score (nSPS) is 28.6. The first-order valence-electron chi connectivity index (χ1n) is 5.60. The van der Waals surface area contributed by atoms with Gasteiger partial charge in [0.25, 0.3) is 0 Å². The second kappa shape index (κ2) is 4.33. The topological polar surface area (TPSA) is 35.6 Å². The summed E-state index contributed by atoms with van der Waals surface area (Å²) in [6.45, 7) is 10.7. The number of hydrogen-bond acceptors (Lipinski definition) is 3. The molecule has 2 saturated heterocycles. The highest BCUT2D eigenvalue weighted by molar-refractivity contribution is 5.87. The second-order valence-electron chi connectivity index (χ2n) is 4.39. The van der Waals surface area contributed by atoms with E-state index in [-0.39, 0.29) is 5.91 Å². The van der Waals surface area contributed by atoms with E-state index in [2.05, 4.69) is 23.7 Å². The Morgan fingerprint density at radius 1 is 1.53 bits per heavy atom. The zero-order chi connectivity index (χ0) is 10.8. The van der Waals surface area contributed by atoms with Gasteiger partial charge in [-0.3, -0.25) is 9.69 Å². The quantitative estimate of drug-likeness (QED) is 0.633. The summed E-state index contributed by atoms with van der Waals surface area (Å²) in [4.78, 5) is 15.6. The van der Waals surface area contributed by atoms with E-state index in [9.17, 15) is 4.79 Å². The highest BCUT2D eigenvalue weighted by Crippen LogP contribution is 2.18. The molecule has 15 heavy (non-hydrogen) atoms. The summed E-state index contributed by atoms with van der Waals surface area (Å²) < 4.78 is 0. The van der Waals surface area contributed by atoms with Crippen molar-refractivity contribution >= 4 is 5.91 Å². The standard InChI is InChI=1S/C11H19N3O/c1-3-11(15)13-7-10(8-13)14-5-4-12-6-9(14)2/h3,9-10,12H,1,4-8H2,2H3. The van der Waals surface area contributed by atoms with Crippen molar-refractivity contribution in [3.63, 3.8) is 0 Å². The van der Waals surface area contributed by atoms with Crippen LogP contribution in [-0.2, 0) is 4.79 Å². The summed E-state index contributed by atoms with van der Waals surface area (Å²) in [6.07, 6.45) is 1.40. The van der Waals surface area contributed by atoms with Crippen LogP contribution in [0.15, 0.2) is 12.7 Å². The Kier molecular flexibility index (Phi) is 3.07. The van der Waals surface area contributed by atoms with Crippen LogP contribution in [0.5, 0.6) is 0 Å². The average Bonchev–Trinajstić information content (AvgIpc) is 2.18. The van der Waals surface area contributed by atoms with Gasteiger partial charge in [0.1, 0.15) is 0 Å². The van der Waals surface area contributed by atoms with Crippen LogP contribution in [0, 0.1) is 0 Å². The molecule has 1 atom stereocenters. The molecule has 0 saturated carbocycles. The molecule has 0 aliphatic carbocycles. The number of nitrogens with one attached hydrogen (secondary N) is 1. The van der Waals surface area contributed by atoms with Gasteiger partial charge in [-0.2, -0.15) is 0 Å². The van der Waals surface area contributed by atoms with Crippen LogP contribution >= 0.6 is 0 Å². The SMILES string of the molecule is C=CC(=O)N1CC(N2CCNCC2C)C1. The Balaban J connectivity index is 1.82. The predicted molar refractivity (Wildman–Crippen MR) is 59.6 cm³/mol. The maximum atomic E-state index is 11.3. The van der Waals surface area contributed by atoms with E-state index < -0.39 is 0 Å². The highest BCUT2D eigenvalue weighted by atomic mass is 16.2. The lowest BCUT2D eigenvalue weighted by Gasteiger charge is -2.49. The third kappa shape index (κ3) is 2.06. The van der Waals surface area contributed by atoms with E-state index in [0.29, 0.717) is 12.1 Å². The van der Waals surface area contributed by atoms with Crippen LogP contribution in [-0.4, -0.2) is 60.5 Å². The fourth-order valence-corrected chi connectivity index (χ4v) is 2.37. The van der Waals surface area contributed by atoms with Gasteiger partial charge in [-0.1, -0.05) is 6.58 Å². The lowest BCUT2D eigenvalue weighted by molar-refractivity contribution is -0.134. The fraction of sp³-hybridized carbons (Fsp3) is 0.727. The van der Waals surface area contributed by atoms with E-state index >= 15 is 0 Å². The van der Waals surface area contributed by atoms with E-state index in [0.717, 1.165) is 32.7 Å². The largest absolute Gasteiger partial charge is 0.336 e. The van der Waals surface area contributed by atoms with E-state index in [1.54, 1.807) is 0 Å². The first-order chi connectivity index (χ1) is 7.22. The number of piperazine rings is 1. The minimum absolute atomic E-state index is 0.0639. The molecule has 84 valence electrons. The lowest BCUT2D eigenvalue weighted by atomic mass is 10.0. The number of hydrogen-bond donors (Lipinski definition) is 1.